The van der Waals surface area contributed by atoms with Crippen LogP contribution in [0, 0.1) is 13.8 Å². The lowest BCUT2D eigenvalue weighted by atomic mass is 10.0. The van der Waals surface area contributed by atoms with Gasteiger partial charge in [-0.1, -0.05) is 17.7 Å². The summed E-state index contributed by atoms with van der Waals surface area (Å²) in [7, 11) is 0. The van der Waals surface area contributed by atoms with Gasteiger partial charge in [-0.2, -0.15) is 0 Å². The Bertz CT molecular complexity index is 1100. The molecule has 7 heteroatoms. The van der Waals surface area contributed by atoms with Crippen molar-refractivity contribution in [2.45, 2.75) is 46.1 Å². The molecule has 0 aliphatic heterocycles. The van der Waals surface area contributed by atoms with Crippen LogP contribution in [0.3, 0.4) is 0 Å². The molecular formula is C21H22N2O4S. The number of hydrogen-bond acceptors (Lipinski definition) is 6. The Morgan fingerprint density at radius 1 is 1.21 bits per heavy atom. The van der Waals surface area contributed by atoms with Crippen molar-refractivity contribution >= 4 is 22.3 Å². The molecule has 0 bridgehead atoms. The Kier molecular flexibility index (Phi) is 5.17. The molecule has 6 nitrogen and oxygen atoms in total. The van der Waals surface area contributed by atoms with E-state index in [1.54, 1.807) is 15.7 Å². The average Bonchev–Trinajstić information content (AvgIpc) is 3.04. The molecule has 0 fully saturated rings. The lowest BCUT2D eigenvalue weighted by Gasteiger charge is -2.10. The van der Waals surface area contributed by atoms with Gasteiger partial charge in [-0.15, -0.1) is 11.3 Å². The fraction of sp³-hybridized carbons (Fsp3) is 0.381. The molecule has 28 heavy (non-hydrogen) atoms. The Labute approximate surface area is 166 Å². The van der Waals surface area contributed by atoms with Crippen LogP contribution in [0.5, 0.6) is 5.75 Å². The fourth-order valence-electron chi connectivity index (χ4n) is 3.51. The van der Waals surface area contributed by atoms with Crippen LogP contribution >= 0.6 is 11.3 Å². The first-order valence-electron chi connectivity index (χ1n) is 9.40. The minimum Gasteiger partial charge on any atom is -0.482 e. The van der Waals surface area contributed by atoms with Gasteiger partial charge in [0, 0.05) is 16.6 Å². The number of esters is 1. The number of carbonyl (C=O) groups is 1. The number of rotatable bonds is 5. The van der Waals surface area contributed by atoms with Gasteiger partial charge in [-0.25, -0.2) is 9.78 Å². The molecule has 0 atom stereocenters. The van der Waals surface area contributed by atoms with Crippen molar-refractivity contribution in [1.29, 1.82) is 0 Å². The number of fused-ring (bicyclic) bond motifs is 3. The van der Waals surface area contributed by atoms with Gasteiger partial charge in [0.2, 0.25) is 0 Å². The predicted octanol–water partition coefficient (Wildman–Crippen LogP) is 3.37. The Morgan fingerprint density at radius 3 is 2.86 bits per heavy atom. The van der Waals surface area contributed by atoms with Crippen molar-refractivity contribution in [1.82, 2.24) is 9.38 Å². The van der Waals surface area contributed by atoms with Crippen molar-refractivity contribution in [2.24, 2.45) is 0 Å². The summed E-state index contributed by atoms with van der Waals surface area (Å²) in [6.45, 7) is 3.71. The summed E-state index contributed by atoms with van der Waals surface area (Å²) in [6, 6.07) is 7.22. The topological polar surface area (TPSA) is 69.9 Å². The first kappa shape index (κ1) is 18.7. The van der Waals surface area contributed by atoms with Crippen molar-refractivity contribution in [2.75, 3.05) is 6.61 Å². The molecule has 0 amide bonds. The van der Waals surface area contributed by atoms with E-state index < -0.39 is 5.97 Å². The molecule has 1 aromatic carbocycles. The maximum atomic E-state index is 12.5. The van der Waals surface area contributed by atoms with Gasteiger partial charge < -0.3 is 9.47 Å². The number of benzene rings is 1. The molecule has 0 saturated heterocycles. The van der Waals surface area contributed by atoms with Gasteiger partial charge in [-0.05, 0) is 51.2 Å². The number of carbonyl (C=O) groups excluding carboxylic acids is 1. The first-order chi connectivity index (χ1) is 13.5. The molecule has 0 N–H and O–H groups in total. The normalized spacial score (nSPS) is 13.4. The van der Waals surface area contributed by atoms with Gasteiger partial charge in [0.1, 0.15) is 12.4 Å². The van der Waals surface area contributed by atoms with E-state index in [0.717, 1.165) is 42.5 Å². The smallest absolute Gasteiger partial charge is 0.344 e. The number of ether oxygens (including phenoxy) is 2. The molecule has 0 saturated carbocycles. The second-order valence-corrected chi connectivity index (χ2v) is 8.16. The molecule has 4 rings (SSSR count). The maximum Gasteiger partial charge on any atom is 0.344 e. The quantitative estimate of drug-likeness (QED) is 0.616. The molecule has 2 heterocycles. The van der Waals surface area contributed by atoms with E-state index in [4.69, 9.17) is 9.47 Å². The molecule has 1 aliphatic carbocycles. The molecule has 0 radical (unpaired) electrons. The fourth-order valence-corrected chi connectivity index (χ4v) is 4.74. The van der Waals surface area contributed by atoms with Gasteiger partial charge in [0.25, 0.3) is 5.56 Å². The summed E-state index contributed by atoms with van der Waals surface area (Å²) in [5, 5.41) is 0. The van der Waals surface area contributed by atoms with E-state index in [2.05, 4.69) is 4.98 Å². The van der Waals surface area contributed by atoms with E-state index in [1.165, 1.54) is 10.9 Å². The van der Waals surface area contributed by atoms with Crippen LogP contribution < -0.4 is 10.3 Å². The third-order valence-electron chi connectivity index (χ3n) is 4.87. The van der Waals surface area contributed by atoms with Gasteiger partial charge in [-0.3, -0.25) is 9.20 Å². The highest BCUT2D eigenvalue weighted by Crippen LogP contribution is 2.28. The summed E-state index contributed by atoms with van der Waals surface area (Å²) in [6.07, 6.45) is 4.18. The van der Waals surface area contributed by atoms with E-state index in [0.29, 0.717) is 16.4 Å². The van der Waals surface area contributed by atoms with Crippen LogP contribution in [0.25, 0.3) is 4.96 Å². The van der Waals surface area contributed by atoms with Crippen molar-refractivity contribution < 1.29 is 14.3 Å². The largest absolute Gasteiger partial charge is 0.482 e. The Hall–Kier alpha value is -2.67. The van der Waals surface area contributed by atoms with Crippen LogP contribution in [0.4, 0.5) is 0 Å². The van der Waals surface area contributed by atoms with E-state index in [9.17, 15) is 9.59 Å². The van der Waals surface area contributed by atoms with Crippen LogP contribution in [-0.4, -0.2) is 22.0 Å². The minimum atomic E-state index is -0.493. The Morgan fingerprint density at radius 2 is 2.04 bits per heavy atom. The van der Waals surface area contributed by atoms with E-state index in [1.807, 2.05) is 32.0 Å². The van der Waals surface area contributed by atoms with Crippen molar-refractivity contribution in [3.63, 3.8) is 0 Å². The summed E-state index contributed by atoms with van der Waals surface area (Å²) < 4.78 is 12.5. The van der Waals surface area contributed by atoms with Crippen LogP contribution in [0.2, 0.25) is 0 Å². The summed E-state index contributed by atoms with van der Waals surface area (Å²) in [5.41, 5.74) is 3.55. The maximum absolute atomic E-state index is 12.5. The van der Waals surface area contributed by atoms with Crippen molar-refractivity contribution in [3.05, 3.63) is 62.0 Å². The lowest BCUT2D eigenvalue weighted by Crippen LogP contribution is -2.20. The van der Waals surface area contributed by atoms with E-state index >= 15 is 0 Å². The highest BCUT2D eigenvalue weighted by molar-refractivity contribution is 7.17. The minimum absolute atomic E-state index is 0.0383. The lowest BCUT2D eigenvalue weighted by molar-refractivity contribution is -0.147. The van der Waals surface area contributed by atoms with Crippen LogP contribution in [0.1, 0.15) is 40.2 Å². The number of nitrogens with zero attached hydrogens (tertiary/aromatic N) is 2. The van der Waals surface area contributed by atoms with Gasteiger partial charge in [0.15, 0.2) is 11.6 Å². The second kappa shape index (κ2) is 7.75. The number of hydrogen-bond donors (Lipinski definition) is 0. The Balaban J connectivity index is 1.41. The third kappa shape index (κ3) is 3.80. The zero-order valence-corrected chi connectivity index (χ0v) is 16.8. The molecular weight excluding hydrogens is 376 g/mol. The summed E-state index contributed by atoms with van der Waals surface area (Å²) >= 11 is 1.56. The van der Waals surface area contributed by atoms with Gasteiger partial charge >= 0.3 is 5.97 Å². The second-order valence-electron chi connectivity index (χ2n) is 7.10. The molecule has 146 valence electrons. The number of aryl methyl sites for hydroxylation is 4. The number of aromatic nitrogens is 2. The van der Waals surface area contributed by atoms with Crippen molar-refractivity contribution in [3.8, 4) is 5.75 Å². The zero-order chi connectivity index (χ0) is 19.7. The predicted molar refractivity (Wildman–Crippen MR) is 107 cm³/mol. The third-order valence-corrected chi connectivity index (χ3v) is 6.01. The standard InChI is InChI=1S/C21H22N2O4S/c1-13-7-8-17(14(2)9-13)26-12-20(25)27-11-15-10-19(24)23-16-5-3-4-6-18(16)28-21(23)22-15/h7-10H,3-6,11-12H2,1-2H3. The molecule has 0 spiro atoms. The summed E-state index contributed by atoms with van der Waals surface area (Å²) in [4.78, 5) is 31.0. The number of thiazole rings is 1. The highest BCUT2D eigenvalue weighted by Gasteiger charge is 2.18. The first-order valence-corrected chi connectivity index (χ1v) is 10.2. The molecule has 1 aliphatic rings. The van der Waals surface area contributed by atoms with Crippen LogP contribution in [-0.2, 0) is 29.0 Å². The van der Waals surface area contributed by atoms with Gasteiger partial charge in [0.05, 0.1) is 5.69 Å². The molecule has 3 aromatic rings. The van der Waals surface area contributed by atoms with Crippen LogP contribution in [0.15, 0.2) is 29.1 Å². The monoisotopic (exact) mass is 398 g/mol. The average molecular weight is 398 g/mol. The van der Waals surface area contributed by atoms with E-state index in [-0.39, 0.29) is 18.8 Å². The SMILES string of the molecule is Cc1ccc(OCC(=O)OCc2cc(=O)n3c4c(sc3n2)CCCC4)c(C)c1. The summed E-state index contributed by atoms with van der Waals surface area (Å²) in [5.74, 6) is 0.164. The highest BCUT2D eigenvalue weighted by atomic mass is 32.1. The zero-order valence-electron chi connectivity index (χ0n) is 16.0. The molecule has 0 unspecified atom stereocenters. The molecule has 2 aromatic heterocycles.